The van der Waals surface area contributed by atoms with Gasteiger partial charge in [-0.05, 0) is 43.1 Å². The first-order valence-electron chi connectivity index (χ1n) is 5.24. The average molecular weight is 193 g/mol. The first kappa shape index (κ1) is 9.66. The van der Waals surface area contributed by atoms with Crippen molar-refractivity contribution in [2.75, 3.05) is 13.1 Å². The maximum absolute atomic E-state index is 13.0. The fourth-order valence-electron chi connectivity index (χ4n) is 2.28. The third kappa shape index (κ3) is 1.55. The van der Waals surface area contributed by atoms with Crippen molar-refractivity contribution in [3.8, 4) is 0 Å². The van der Waals surface area contributed by atoms with Crippen LogP contribution in [0.2, 0.25) is 0 Å². The number of halogens is 1. The maximum Gasteiger partial charge on any atom is 0.123 e. The van der Waals surface area contributed by atoms with Crippen LogP contribution in [0.25, 0.3) is 0 Å². The van der Waals surface area contributed by atoms with Crippen LogP contribution < -0.4 is 0 Å². The van der Waals surface area contributed by atoms with Crippen LogP contribution >= 0.6 is 0 Å². The van der Waals surface area contributed by atoms with E-state index in [9.17, 15) is 4.39 Å². The first-order chi connectivity index (χ1) is 6.72. The lowest BCUT2D eigenvalue weighted by molar-refractivity contribution is 0.209. The minimum atomic E-state index is -0.110. The minimum Gasteiger partial charge on any atom is -0.297 e. The molecule has 1 aliphatic heterocycles. The SMILES string of the molecule is CCN1CCc2cc(F)ccc2C1C. The van der Waals surface area contributed by atoms with Gasteiger partial charge in [-0.15, -0.1) is 0 Å². The predicted molar refractivity (Wildman–Crippen MR) is 55.8 cm³/mol. The van der Waals surface area contributed by atoms with Gasteiger partial charge >= 0.3 is 0 Å². The highest BCUT2D eigenvalue weighted by atomic mass is 19.1. The summed E-state index contributed by atoms with van der Waals surface area (Å²) in [7, 11) is 0. The second-order valence-electron chi connectivity index (χ2n) is 3.90. The van der Waals surface area contributed by atoms with Gasteiger partial charge in [0.25, 0.3) is 0 Å². The van der Waals surface area contributed by atoms with Crippen LogP contribution in [-0.2, 0) is 6.42 Å². The lowest BCUT2D eigenvalue weighted by Crippen LogP contribution is -2.33. The van der Waals surface area contributed by atoms with E-state index >= 15 is 0 Å². The zero-order valence-corrected chi connectivity index (χ0v) is 8.76. The van der Waals surface area contributed by atoms with E-state index < -0.39 is 0 Å². The van der Waals surface area contributed by atoms with Crippen LogP contribution in [-0.4, -0.2) is 18.0 Å². The topological polar surface area (TPSA) is 3.24 Å². The Hall–Kier alpha value is -0.890. The molecule has 0 fully saturated rings. The normalized spacial score (nSPS) is 22.1. The Morgan fingerprint density at radius 3 is 3.00 bits per heavy atom. The van der Waals surface area contributed by atoms with Gasteiger partial charge in [0.2, 0.25) is 0 Å². The molecule has 1 aromatic carbocycles. The number of nitrogens with zero attached hydrogens (tertiary/aromatic N) is 1. The highest BCUT2D eigenvalue weighted by molar-refractivity contribution is 5.32. The lowest BCUT2D eigenvalue weighted by Gasteiger charge is -2.34. The number of hydrogen-bond donors (Lipinski definition) is 0. The smallest absolute Gasteiger partial charge is 0.123 e. The van der Waals surface area contributed by atoms with E-state index in [2.05, 4.69) is 18.7 Å². The van der Waals surface area contributed by atoms with E-state index in [4.69, 9.17) is 0 Å². The predicted octanol–water partition coefficient (Wildman–Crippen LogP) is 2.76. The zero-order chi connectivity index (χ0) is 10.1. The second kappa shape index (κ2) is 3.70. The summed E-state index contributed by atoms with van der Waals surface area (Å²) in [6, 6.07) is 5.61. The largest absolute Gasteiger partial charge is 0.297 e. The molecule has 0 aromatic heterocycles. The Morgan fingerprint density at radius 1 is 1.50 bits per heavy atom. The Morgan fingerprint density at radius 2 is 2.29 bits per heavy atom. The van der Waals surface area contributed by atoms with Crippen LogP contribution in [0.1, 0.15) is 31.0 Å². The summed E-state index contributed by atoms with van der Waals surface area (Å²) < 4.78 is 13.0. The summed E-state index contributed by atoms with van der Waals surface area (Å²) in [5.74, 6) is -0.110. The van der Waals surface area contributed by atoms with Crippen LogP contribution in [0.5, 0.6) is 0 Å². The van der Waals surface area contributed by atoms with Crippen LogP contribution in [0.15, 0.2) is 18.2 Å². The van der Waals surface area contributed by atoms with Crippen LogP contribution in [0.3, 0.4) is 0 Å². The van der Waals surface area contributed by atoms with Gasteiger partial charge in [0.05, 0.1) is 0 Å². The first-order valence-corrected chi connectivity index (χ1v) is 5.24. The standard InChI is InChI=1S/C12H16FN/c1-3-14-7-6-10-8-11(13)4-5-12(10)9(14)2/h4-5,8-9H,3,6-7H2,1-2H3. The van der Waals surface area contributed by atoms with Gasteiger partial charge in [-0.2, -0.15) is 0 Å². The number of rotatable bonds is 1. The number of fused-ring (bicyclic) bond motifs is 1. The van der Waals surface area contributed by atoms with Crippen molar-refractivity contribution >= 4 is 0 Å². The van der Waals surface area contributed by atoms with Crippen molar-refractivity contribution in [3.63, 3.8) is 0 Å². The Bertz CT molecular complexity index is 335. The highest BCUT2D eigenvalue weighted by Crippen LogP contribution is 2.29. The highest BCUT2D eigenvalue weighted by Gasteiger charge is 2.22. The monoisotopic (exact) mass is 193 g/mol. The van der Waals surface area contributed by atoms with E-state index in [1.165, 1.54) is 11.1 Å². The van der Waals surface area contributed by atoms with E-state index in [-0.39, 0.29) is 5.82 Å². The molecule has 1 aliphatic rings. The minimum absolute atomic E-state index is 0.110. The van der Waals surface area contributed by atoms with Gasteiger partial charge in [0.1, 0.15) is 5.82 Å². The molecule has 0 saturated heterocycles. The third-order valence-corrected chi connectivity index (χ3v) is 3.18. The summed E-state index contributed by atoms with van der Waals surface area (Å²) in [5, 5.41) is 0. The summed E-state index contributed by atoms with van der Waals surface area (Å²) in [5.41, 5.74) is 2.47. The quantitative estimate of drug-likeness (QED) is 0.663. The molecule has 0 bridgehead atoms. The molecule has 0 spiro atoms. The Kier molecular flexibility index (Phi) is 2.55. The molecule has 1 atom stereocenters. The van der Waals surface area contributed by atoms with Gasteiger partial charge in [-0.3, -0.25) is 4.90 Å². The zero-order valence-electron chi connectivity index (χ0n) is 8.76. The molecule has 1 nitrogen and oxygen atoms in total. The number of likely N-dealkylation sites (N-methyl/N-ethyl adjacent to an activating group) is 1. The molecular weight excluding hydrogens is 177 g/mol. The lowest BCUT2D eigenvalue weighted by atomic mass is 9.93. The number of benzene rings is 1. The molecule has 14 heavy (non-hydrogen) atoms. The van der Waals surface area contributed by atoms with E-state index in [1.54, 1.807) is 12.1 Å². The summed E-state index contributed by atoms with van der Waals surface area (Å²) in [6.45, 7) is 6.48. The van der Waals surface area contributed by atoms with Crippen molar-refractivity contribution < 1.29 is 4.39 Å². The maximum atomic E-state index is 13.0. The van der Waals surface area contributed by atoms with Gasteiger partial charge in [0.15, 0.2) is 0 Å². The van der Waals surface area contributed by atoms with Gasteiger partial charge in [-0.25, -0.2) is 4.39 Å². The molecule has 0 aliphatic carbocycles. The third-order valence-electron chi connectivity index (χ3n) is 3.18. The van der Waals surface area contributed by atoms with Crippen LogP contribution in [0.4, 0.5) is 4.39 Å². The molecule has 0 saturated carbocycles. The summed E-state index contributed by atoms with van der Waals surface area (Å²) >= 11 is 0. The molecule has 2 rings (SSSR count). The number of hydrogen-bond acceptors (Lipinski definition) is 1. The van der Waals surface area contributed by atoms with Gasteiger partial charge in [0, 0.05) is 12.6 Å². The molecule has 1 aromatic rings. The molecule has 1 unspecified atom stereocenters. The molecule has 0 radical (unpaired) electrons. The van der Waals surface area contributed by atoms with Gasteiger partial charge < -0.3 is 0 Å². The van der Waals surface area contributed by atoms with Crippen molar-refractivity contribution in [3.05, 3.63) is 35.1 Å². The van der Waals surface area contributed by atoms with Crippen molar-refractivity contribution in [2.24, 2.45) is 0 Å². The van der Waals surface area contributed by atoms with E-state index in [0.29, 0.717) is 6.04 Å². The van der Waals surface area contributed by atoms with Crippen molar-refractivity contribution in [2.45, 2.75) is 26.3 Å². The fraction of sp³-hybridized carbons (Fsp3) is 0.500. The molecule has 0 N–H and O–H groups in total. The van der Waals surface area contributed by atoms with Crippen molar-refractivity contribution in [1.82, 2.24) is 4.90 Å². The second-order valence-corrected chi connectivity index (χ2v) is 3.90. The van der Waals surface area contributed by atoms with Gasteiger partial charge in [-0.1, -0.05) is 13.0 Å². The molecule has 0 amide bonds. The molecule has 76 valence electrons. The Balaban J connectivity index is 2.36. The molecule has 2 heteroatoms. The molecular formula is C12H16FN. The summed E-state index contributed by atoms with van der Waals surface area (Å²) in [6.07, 6.45) is 0.977. The van der Waals surface area contributed by atoms with Crippen LogP contribution in [0, 0.1) is 5.82 Å². The van der Waals surface area contributed by atoms with E-state index in [1.807, 2.05) is 6.07 Å². The summed E-state index contributed by atoms with van der Waals surface area (Å²) in [4.78, 5) is 2.42. The molecule has 1 heterocycles. The Labute approximate surface area is 84.5 Å². The fourth-order valence-corrected chi connectivity index (χ4v) is 2.28. The van der Waals surface area contributed by atoms with Crippen molar-refractivity contribution in [1.29, 1.82) is 0 Å². The average Bonchev–Trinajstić information content (AvgIpc) is 2.18. The van der Waals surface area contributed by atoms with E-state index in [0.717, 1.165) is 19.5 Å².